The van der Waals surface area contributed by atoms with Crippen molar-refractivity contribution in [3.63, 3.8) is 0 Å². The van der Waals surface area contributed by atoms with Crippen molar-refractivity contribution in [3.8, 4) is 0 Å². The van der Waals surface area contributed by atoms with Gasteiger partial charge in [-0.15, -0.1) is 24.0 Å². The number of fused-ring (bicyclic) bond motifs is 1. The second-order valence-corrected chi connectivity index (χ2v) is 6.96. The number of aryl methyl sites for hydroxylation is 1. The molecule has 0 aliphatic heterocycles. The molecule has 0 atom stereocenters. The Kier molecular flexibility index (Phi) is 7.10. The van der Waals surface area contributed by atoms with Gasteiger partial charge in [0.05, 0.1) is 5.69 Å². The summed E-state index contributed by atoms with van der Waals surface area (Å²) in [5.74, 6) is 0.898. The maximum atomic E-state index is 4.72. The lowest BCUT2D eigenvalue weighted by Crippen LogP contribution is -2.46. The molecule has 0 spiro atoms. The summed E-state index contributed by atoms with van der Waals surface area (Å²) < 4.78 is 2.10. The number of hydrogen-bond acceptors (Lipinski definition) is 2. The minimum atomic E-state index is 0. The van der Waals surface area contributed by atoms with E-state index in [0.717, 1.165) is 36.8 Å². The summed E-state index contributed by atoms with van der Waals surface area (Å²) in [6, 6.07) is 4.15. The molecule has 0 unspecified atom stereocenters. The zero-order chi connectivity index (χ0) is 17.0. The van der Waals surface area contributed by atoms with E-state index in [-0.39, 0.29) is 24.0 Å². The summed E-state index contributed by atoms with van der Waals surface area (Å²) in [4.78, 5) is 9.06. The lowest BCUT2D eigenvalue weighted by molar-refractivity contribution is 0.131. The number of rotatable bonds is 6. The van der Waals surface area contributed by atoms with Crippen LogP contribution in [0, 0.1) is 12.3 Å². The van der Waals surface area contributed by atoms with Crippen LogP contribution in [0.15, 0.2) is 29.5 Å². The second-order valence-electron chi connectivity index (χ2n) is 6.96. The lowest BCUT2D eigenvalue weighted by atomic mass is 9.67. The minimum Gasteiger partial charge on any atom is -0.356 e. The van der Waals surface area contributed by atoms with E-state index in [1.54, 1.807) is 0 Å². The Bertz CT molecular complexity index is 712. The molecule has 25 heavy (non-hydrogen) atoms. The van der Waals surface area contributed by atoms with Gasteiger partial charge in [-0.2, -0.15) is 0 Å². The van der Waals surface area contributed by atoms with E-state index >= 15 is 0 Å². The Morgan fingerprint density at radius 1 is 1.36 bits per heavy atom. The van der Waals surface area contributed by atoms with Crippen LogP contribution in [0.3, 0.4) is 0 Å². The number of guanidine groups is 1. The van der Waals surface area contributed by atoms with Crippen molar-refractivity contribution in [2.24, 2.45) is 10.4 Å². The third kappa shape index (κ3) is 4.65. The smallest absolute Gasteiger partial charge is 0.191 e. The molecule has 2 aromatic rings. The molecule has 0 saturated heterocycles. The number of nitrogens with one attached hydrogen (secondary N) is 2. The molecule has 1 fully saturated rings. The molecule has 2 aromatic heterocycles. The van der Waals surface area contributed by atoms with Crippen LogP contribution in [-0.4, -0.2) is 35.5 Å². The number of nitrogens with zero attached hydrogens (tertiary/aromatic N) is 3. The molecule has 1 aliphatic rings. The van der Waals surface area contributed by atoms with Crippen molar-refractivity contribution < 1.29 is 0 Å². The highest BCUT2D eigenvalue weighted by atomic mass is 127. The van der Waals surface area contributed by atoms with Crippen molar-refractivity contribution in [2.75, 3.05) is 20.1 Å². The molecule has 5 nitrogen and oxygen atoms in total. The molecule has 6 heteroatoms. The third-order valence-corrected chi connectivity index (χ3v) is 5.42. The first-order valence-corrected chi connectivity index (χ1v) is 9.03. The van der Waals surface area contributed by atoms with Gasteiger partial charge < -0.3 is 15.0 Å². The number of imidazole rings is 1. The Balaban J connectivity index is 0.00000225. The van der Waals surface area contributed by atoms with Gasteiger partial charge >= 0.3 is 0 Å². The monoisotopic (exact) mass is 455 g/mol. The van der Waals surface area contributed by atoms with Crippen LogP contribution >= 0.6 is 24.0 Å². The third-order valence-electron chi connectivity index (χ3n) is 5.42. The topological polar surface area (TPSA) is 53.7 Å². The molecule has 0 bridgehead atoms. The van der Waals surface area contributed by atoms with E-state index in [2.05, 4.69) is 58.4 Å². The summed E-state index contributed by atoms with van der Waals surface area (Å²) in [6.07, 6.45) is 10.4. The lowest BCUT2D eigenvalue weighted by Gasteiger charge is -2.41. The second kappa shape index (κ2) is 8.87. The van der Waals surface area contributed by atoms with Crippen LogP contribution in [-0.2, 0) is 6.42 Å². The number of halogens is 1. The molecule has 0 aromatic carbocycles. The Labute approximate surface area is 167 Å². The Morgan fingerprint density at radius 2 is 2.16 bits per heavy atom. The number of hydrogen-bond donors (Lipinski definition) is 2. The first kappa shape index (κ1) is 20.0. The molecular weight excluding hydrogens is 425 g/mol. The zero-order valence-electron chi connectivity index (χ0n) is 15.5. The van der Waals surface area contributed by atoms with Gasteiger partial charge in [-0.05, 0) is 43.2 Å². The highest BCUT2D eigenvalue weighted by Crippen LogP contribution is 2.42. The van der Waals surface area contributed by atoms with E-state index < -0.39 is 0 Å². The largest absolute Gasteiger partial charge is 0.356 e. The maximum Gasteiger partial charge on any atom is 0.191 e. The van der Waals surface area contributed by atoms with Gasteiger partial charge in [0.2, 0.25) is 0 Å². The van der Waals surface area contributed by atoms with Crippen molar-refractivity contribution in [1.29, 1.82) is 0 Å². The van der Waals surface area contributed by atoms with Crippen LogP contribution < -0.4 is 10.6 Å². The summed E-state index contributed by atoms with van der Waals surface area (Å²) in [5.41, 5.74) is 3.86. The molecule has 138 valence electrons. The standard InChI is InChI=1S/C19H29N5.HI/c1-4-19(9-6-10-19)14-22-18(20-3)21-11-8-16-13-24-12-5-7-15(2)17(24)23-16;/h5,7,12-13H,4,6,8-11,14H2,1-3H3,(H2,20,21,22);1H. The fourth-order valence-corrected chi connectivity index (χ4v) is 3.46. The predicted molar refractivity (Wildman–Crippen MR) is 115 cm³/mol. The van der Waals surface area contributed by atoms with Gasteiger partial charge in [-0.3, -0.25) is 4.99 Å². The highest BCUT2D eigenvalue weighted by Gasteiger charge is 2.34. The molecule has 2 heterocycles. The van der Waals surface area contributed by atoms with Crippen LogP contribution in [0.5, 0.6) is 0 Å². The summed E-state index contributed by atoms with van der Waals surface area (Å²) >= 11 is 0. The minimum absolute atomic E-state index is 0. The number of aliphatic imine (C=N–C) groups is 1. The SMILES string of the molecule is CCC1(CNC(=NC)NCCc2cn3cccc(C)c3n2)CCC1.I. The van der Waals surface area contributed by atoms with E-state index in [1.165, 1.54) is 31.2 Å². The van der Waals surface area contributed by atoms with E-state index in [1.807, 2.05) is 7.05 Å². The van der Waals surface area contributed by atoms with Crippen LogP contribution in [0.1, 0.15) is 43.9 Å². The van der Waals surface area contributed by atoms with E-state index in [9.17, 15) is 0 Å². The number of aromatic nitrogens is 2. The van der Waals surface area contributed by atoms with Gasteiger partial charge in [-0.1, -0.05) is 19.4 Å². The fraction of sp³-hybridized carbons (Fsp3) is 0.579. The Hall–Kier alpha value is -1.31. The molecule has 1 saturated carbocycles. The molecule has 1 aliphatic carbocycles. The first-order valence-electron chi connectivity index (χ1n) is 9.03. The predicted octanol–water partition coefficient (Wildman–Crippen LogP) is 3.55. The average molecular weight is 455 g/mol. The van der Waals surface area contributed by atoms with Gasteiger partial charge in [0.15, 0.2) is 5.96 Å². The van der Waals surface area contributed by atoms with Gasteiger partial charge in [0.25, 0.3) is 0 Å². The number of pyridine rings is 1. The maximum absolute atomic E-state index is 4.72. The van der Waals surface area contributed by atoms with Gasteiger partial charge in [-0.25, -0.2) is 4.98 Å². The quantitative estimate of drug-likeness (QED) is 0.398. The Morgan fingerprint density at radius 3 is 2.76 bits per heavy atom. The highest BCUT2D eigenvalue weighted by molar-refractivity contribution is 14.0. The van der Waals surface area contributed by atoms with E-state index in [4.69, 9.17) is 4.98 Å². The van der Waals surface area contributed by atoms with E-state index in [0.29, 0.717) is 5.41 Å². The van der Waals surface area contributed by atoms with Gasteiger partial charge in [0, 0.05) is 39.0 Å². The van der Waals surface area contributed by atoms with Crippen molar-refractivity contribution in [3.05, 3.63) is 35.8 Å². The summed E-state index contributed by atoms with van der Waals surface area (Å²) in [6.45, 7) is 6.25. The molecule has 3 rings (SSSR count). The normalized spacial score (nSPS) is 16.2. The van der Waals surface area contributed by atoms with Crippen molar-refractivity contribution in [1.82, 2.24) is 20.0 Å². The molecule has 0 amide bonds. The van der Waals surface area contributed by atoms with Crippen LogP contribution in [0.2, 0.25) is 0 Å². The summed E-state index contributed by atoms with van der Waals surface area (Å²) in [7, 11) is 1.84. The summed E-state index contributed by atoms with van der Waals surface area (Å²) in [5, 5.41) is 6.91. The molecule has 2 N–H and O–H groups in total. The zero-order valence-corrected chi connectivity index (χ0v) is 17.8. The fourth-order valence-electron chi connectivity index (χ4n) is 3.46. The van der Waals surface area contributed by atoms with Crippen LogP contribution in [0.4, 0.5) is 0 Å². The molecule has 0 radical (unpaired) electrons. The van der Waals surface area contributed by atoms with Crippen LogP contribution in [0.25, 0.3) is 5.65 Å². The van der Waals surface area contributed by atoms with Crippen molar-refractivity contribution >= 4 is 35.6 Å². The average Bonchev–Trinajstić information content (AvgIpc) is 2.97. The molecular formula is C19H30IN5. The van der Waals surface area contributed by atoms with Crippen molar-refractivity contribution in [2.45, 2.75) is 46.0 Å². The van der Waals surface area contributed by atoms with Gasteiger partial charge in [0.1, 0.15) is 5.65 Å². The first-order chi connectivity index (χ1) is 11.7.